The zero-order chi connectivity index (χ0) is 5.91. The summed E-state index contributed by atoms with van der Waals surface area (Å²) in [6.45, 7) is 1.02. The van der Waals surface area contributed by atoms with Crippen molar-refractivity contribution in [1.82, 2.24) is 0 Å². The molecule has 0 saturated heterocycles. The Labute approximate surface area is 46.3 Å². The molecule has 0 aromatic heterocycles. The van der Waals surface area contributed by atoms with Crippen LogP contribution >= 0.6 is 0 Å². The molecule has 3 heteroatoms. The Morgan fingerprint density at radius 2 is 2.14 bits per heavy atom. The van der Waals surface area contributed by atoms with Crippen LogP contribution in [0.3, 0.4) is 0 Å². The molecule has 0 rings (SSSR count). The zero-order valence-corrected chi connectivity index (χ0v) is 4.45. The van der Waals surface area contributed by atoms with Crippen molar-refractivity contribution < 1.29 is 4.39 Å². The van der Waals surface area contributed by atoms with Gasteiger partial charge in [-0.05, 0) is 5.31 Å². The Kier molecular flexibility index (Phi) is 2.41. The summed E-state index contributed by atoms with van der Waals surface area (Å²) in [6, 6.07) is 0. The minimum Gasteiger partial charge on any atom is -0.251 e. The number of halogens is 1. The maximum absolute atomic E-state index is 11.6. The summed E-state index contributed by atoms with van der Waals surface area (Å²) in [4.78, 5) is 0. The van der Waals surface area contributed by atoms with Crippen LogP contribution in [-0.2, 0) is 0 Å². The summed E-state index contributed by atoms with van der Waals surface area (Å²) in [7, 11) is 10.3. The second-order valence-electron chi connectivity index (χ2n) is 1.99. The van der Waals surface area contributed by atoms with Crippen LogP contribution in [0.5, 0.6) is 0 Å². The summed E-state index contributed by atoms with van der Waals surface area (Å²) >= 11 is 0. The van der Waals surface area contributed by atoms with Gasteiger partial charge in [-0.1, -0.05) is 13.2 Å². The van der Waals surface area contributed by atoms with E-state index in [0.29, 0.717) is 0 Å². The standard InChI is InChI=1S/C4H7B2F/c1-4(6,2-5)3-7/h2-3H2,1H3. The molecule has 1 atom stereocenters. The topological polar surface area (TPSA) is 0 Å². The Morgan fingerprint density at radius 3 is 2.14 bits per heavy atom. The van der Waals surface area contributed by atoms with Gasteiger partial charge in [-0.25, -0.2) is 0 Å². The second kappa shape index (κ2) is 2.39. The van der Waals surface area contributed by atoms with Gasteiger partial charge in [0.25, 0.3) is 0 Å². The third-order valence-corrected chi connectivity index (χ3v) is 0.772. The van der Waals surface area contributed by atoms with Crippen LogP contribution in [0.1, 0.15) is 6.92 Å². The van der Waals surface area contributed by atoms with Crippen molar-refractivity contribution in [1.29, 1.82) is 0 Å². The maximum Gasteiger partial charge on any atom is 0.0862 e. The predicted octanol–water partition coefficient (Wildman–Crippen LogP) is 0.890. The average molecular weight is 95.7 g/mol. The molecule has 7 heavy (non-hydrogen) atoms. The predicted molar refractivity (Wildman–Crippen MR) is 30.7 cm³/mol. The molecule has 0 saturated carbocycles. The number of hydrogen-bond acceptors (Lipinski definition) is 0. The molecule has 4 radical (unpaired) electrons. The van der Waals surface area contributed by atoms with E-state index in [1.807, 2.05) is 0 Å². The highest BCUT2D eigenvalue weighted by molar-refractivity contribution is 6.21. The van der Waals surface area contributed by atoms with Crippen molar-refractivity contribution in [2.24, 2.45) is 0 Å². The zero-order valence-electron chi connectivity index (χ0n) is 4.45. The third kappa shape index (κ3) is 2.72. The lowest BCUT2D eigenvalue weighted by Gasteiger charge is -2.16. The average Bonchev–Trinajstić information content (AvgIpc) is 1.68. The molecule has 0 fully saturated rings. The molecule has 1 unspecified atom stereocenters. The van der Waals surface area contributed by atoms with E-state index in [0.717, 1.165) is 0 Å². The minimum atomic E-state index is -0.806. The van der Waals surface area contributed by atoms with E-state index in [1.54, 1.807) is 6.92 Å². The summed E-state index contributed by atoms with van der Waals surface area (Å²) in [5, 5.41) is -0.806. The van der Waals surface area contributed by atoms with Crippen LogP contribution in [0.2, 0.25) is 11.6 Å². The normalized spacial score (nSPS) is 18.6. The van der Waals surface area contributed by atoms with Crippen molar-refractivity contribution in [3.05, 3.63) is 0 Å². The molecule has 0 amide bonds. The van der Waals surface area contributed by atoms with Crippen molar-refractivity contribution in [3.63, 3.8) is 0 Å². The number of alkyl halides is 1. The van der Waals surface area contributed by atoms with Gasteiger partial charge in [-0.2, -0.15) is 0 Å². The lowest BCUT2D eigenvalue weighted by atomic mass is 9.64. The van der Waals surface area contributed by atoms with Crippen LogP contribution < -0.4 is 0 Å². The van der Waals surface area contributed by atoms with Crippen molar-refractivity contribution in [3.8, 4) is 0 Å². The Bertz CT molecular complexity index is 47.7. The molecule has 0 aliphatic carbocycles. The third-order valence-electron chi connectivity index (χ3n) is 0.772. The van der Waals surface area contributed by atoms with Gasteiger partial charge in [-0.3, -0.25) is 4.39 Å². The number of rotatable bonds is 2. The summed E-state index contributed by atoms with van der Waals surface area (Å²) in [5.74, 6) is 0. The molecule has 36 valence electrons. The van der Waals surface area contributed by atoms with Crippen LogP contribution in [0, 0.1) is 0 Å². The van der Waals surface area contributed by atoms with Gasteiger partial charge >= 0.3 is 0 Å². The van der Waals surface area contributed by atoms with Crippen molar-refractivity contribution in [2.45, 2.75) is 18.6 Å². The van der Waals surface area contributed by atoms with Crippen LogP contribution in [0.25, 0.3) is 0 Å². The molecule has 0 spiro atoms. The molecular formula is C4H7B2F. The highest BCUT2D eigenvalue weighted by Gasteiger charge is 2.11. The summed E-state index contributed by atoms with van der Waals surface area (Å²) < 4.78 is 11.6. The SMILES string of the molecule is [B]CC([B])(C)CF. The summed E-state index contributed by atoms with van der Waals surface area (Å²) in [6.07, 6.45) is 0.198. The largest absolute Gasteiger partial charge is 0.251 e. The molecule has 0 N–H and O–H groups in total. The van der Waals surface area contributed by atoms with E-state index in [1.165, 1.54) is 0 Å². The van der Waals surface area contributed by atoms with E-state index < -0.39 is 12.0 Å². The molecule has 0 aliphatic heterocycles. The fraction of sp³-hybridized carbons (Fsp3) is 1.00. The van der Waals surface area contributed by atoms with E-state index in [9.17, 15) is 4.39 Å². The fourth-order valence-electron chi connectivity index (χ4n) is 0.0546. The highest BCUT2D eigenvalue weighted by atomic mass is 19.1. The first kappa shape index (κ1) is 7.06. The first-order valence-corrected chi connectivity index (χ1v) is 2.17. The molecule has 0 nitrogen and oxygen atoms in total. The molecule has 0 bridgehead atoms. The minimum absolute atomic E-state index is 0.198. The molecular weight excluding hydrogens is 88.7 g/mol. The quantitative estimate of drug-likeness (QED) is 0.447. The molecule has 0 heterocycles. The molecule has 0 aliphatic rings. The van der Waals surface area contributed by atoms with Gasteiger partial charge in [-0.15, -0.1) is 0 Å². The van der Waals surface area contributed by atoms with Crippen LogP contribution in [-0.4, -0.2) is 22.4 Å². The van der Waals surface area contributed by atoms with Crippen LogP contribution in [0.4, 0.5) is 4.39 Å². The van der Waals surface area contributed by atoms with E-state index in [4.69, 9.17) is 15.7 Å². The maximum atomic E-state index is 11.6. The Balaban J connectivity index is 3.36. The monoisotopic (exact) mass is 96.1 g/mol. The summed E-state index contributed by atoms with van der Waals surface area (Å²) in [5.41, 5.74) is 0. The van der Waals surface area contributed by atoms with Gasteiger partial charge in [0, 0.05) is 0 Å². The van der Waals surface area contributed by atoms with Gasteiger partial charge in [0.1, 0.15) is 0 Å². The van der Waals surface area contributed by atoms with Gasteiger partial charge in [0.15, 0.2) is 0 Å². The molecule has 0 aromatic carbocycles. The molecule has 0 aromatic rings. The Morgan fingerprint density at radius 1 is 1.71 bits per heavy atom. The van der Waals surface area contributed by atoms with Gasteiger partial charge in [0.05, 0.1) is 22.4 Å². The van der Waals surface area contributed by atoms with Crippen molar-refractivity contribution >= 4 is 15.7 Å². The first-order valence-electron chi connectivity index (χ1n) is 2.17. The van der Waals surface area contributed by atoms with Gasteiger partial charge in [0.2, 0.25) is 0 Å². The van der Waals surface area contributed by atoms with Gasteiger partial charge < -0.3 is 0 Å². The fourth-order valence-corrected chi connectivity index (χ4v) is 0.0546. The van der Waals surface area contributed by atoms with Crippen LogP contribution in [0.15, 0.2) is 0 Å². The highest BCUT2D eigenvalue weighted by Crippen LogP contribution is 2.23. The van der Waals surface area contributed by atoms with E-state index in [2.05, 4.69) is 0 Å². The Hall–Kier alpha value is 0.0599. The van der Waals surface area contributed by atoms with E-state index >= 15 is 0 Å². The lowest BCUT2D eigenvalue weighted by molar-refractivity contribution is 0.419. The first-order chi connectivity index (χ1) is 3.12. The second-order valence-corrected chi connectivity index (χ2v) is 1.99. The number of hydrogen-bond donors (Lipinski definition) is 0. The smallest absolute Gasteiger partial charge is 0.0862 e. The lowest BCUT2D eigenvalue weighted by Crippen LogP contribution is -2.08. The van der Waals surface area contributed by atoms with E-state index in [-0.39, 0.29) is 6.32 Å². The van der Waals surface area contributed by atoms with Crippen molar-refractivity contribution in [2.75, 3.05) is 6.67 Å².